The van der Waals surface area contributed by atoms with E-state index in [2.05, 4.69) is 5.10 Å². The molecule has 25 heavy (non-hydrogen) atoms. The molecule has 3 rings (SSSR count). The van der Waals surface area contributed by atoms with Gasteiger partial charge in [-0.3, -0.25) is 4.79 Å². The van der Waals surface area contributed by atoms with E-state index >= 15 is 0 Å². The first-order chi connectivity index (χ1) is 11.5. The molecular weight excluding hydrogens is 342 g/mol. The van der Waals surface area contributed by atoms with Crippen LogP contribution in [0.3, 0.4) is 0 Å². The van der Waals surface area contributed by atoms with Gasteiger partial charge in [0.15, 0.2) is 11.5 Å². The fraction of sp³-hybridized carbons (Fsp3) is 0.222. The van der Waals surface area contributed by atoms with E-state index in [1.165, 1.54) is 4.68 Å². The lowest BCUT2D eigenvalue weighted by atomic mass is 10.0. The average molecular weight is 362 g/mol. The van der Waals surface area contributed by atoms with Gasteiger partial charge in [0.1, 0.15) is 0 Å². The molecule has 1 aromatic heterocycles. The predicted octanol–water partition coefficient (Wildman–Crippen LogP) is 2.55. The Labute approximate surface area is 151 Å². The summed E-state index contributed by atoms with van der Waals surface area (Å²) in [6, 6.07) is 11.1. The highest BCUT2D eigenvalue weighted by atomic mass is 35.5. The fourth-order valence-electron chi connectivity index (χ4n) is 2.71. The molecule has 0 bridgehead atoms. The van der Waals surface area contributed by atoms with Gasteiger partial charge >= 0.3 is 0 Å². The zero-order valence-corrected chi connectivity index (χ0v) is 15.1. The molecule has 1 heterocycles. The number of ether oxygens (including phenoxy) is 2. The first-order valence-electron chi connectivity index (χ1n) is 7.50. The van der Waals surface area contributed by atoms with Crippen LogP contribution in [-0.4, -0.2) is 24.0 Å². The Morgan fingerprint density at radius 1 is 1.04 bits per heavy atom. The van der Waals surface area contributed by atoms with Gasteiger partial charge in [-0.05, 0) is 29.8 Å². The molecule has 2 N–H and O–H groups in total. The molecule has 0 aliphatic carbocycles. The summed E-state index contributed by atoms with van der Waals surface area (Å²) in [5, 5.41) is 5.73. The van der Waals surface area contributed by atoms with Crippen molar-refractivity contribution < 1.29 is 9.47 Å². The zero-order chi connectivity index (χ0) is 17.3. The summed E-state index contributed by atoms with van der Waals surface area (Å²) >= 11 is 0. The largest absolute Gasteiger partial charge is 0.493 e. The van der Waals surface area contributed by atoms with Crippen molar-refractivity contribution in [1.29, 1.82) is 0 Å². The van der Waals surface area contributed by atoms with Crippen molar-refractivity contribution in [3.63, 3.8) is 0 Å². The van der Waals surface area contributed by atoms with Crippen LogP contribution in [0.5, 0.6) is 11.5 Å². The first kappa shape index (κ1) is 18.6. The van der Waals surface area contributed by atoms with Crippen molar-refractivity contribution in [2.45, 2.75) is 6.42 Å². The van der Waals surface area contributed by atoms with Gasteiger partial charge in [0.05, 0.1) is 25.3 Å². The lowest BCUT2D eigenvalue weighted by Gasteiger charge is -2.12. The molecule has 0 saturated carbocycles. The number of halogens is 1. The van der Waals surface area contributed by atoms with E-state index in [4.69, 9.17) is 15.2 Å². The second kappa shape index (κ2) is 7.44. The number of benzene rings is 2. The molecule has 0 amide bonds. The molecule has 132 valence electrons. The summed E-state index contributed by atoms with van der Waals surface area (Å²) in [6.07, 6.45) is 0.584. The van der Waals surface area contributed by atoms with Gasteiger partial charge < -0.3 is 15.2 Å². The number of methoxy groups -OCH3 is 2. The monoisotopic (exact) mass is 361 g/mol. The molecule has 0 aliphatic heterocycles. The van der Waals surface area contributed by atoms with Crippen LogP contribution in [0, 0.1) is 0 Å². The van der Waals surface area contributed by atoms with Crippen LogP contribution in [0.15, 0.2) is 41.2 Å². The van der Waals surface area contributed by atoms with Gasteiger partial charge in [0, 0.05) is 24.5 Å². The number of nitrogens with two attached hydrogens (primary N) is 1. The molecule has 6 nitrogen and oxygen atoms in total. The molecule has 3 aromatic rings. The van der Waals surface area contributed by atoms with Crippen LogP contribution in [0.25, 0.3) is 10.8 Å². The number of nitrogen functional groups attached to an aromatic ring is 1. The molecule has 0 radical (unpaired) electrons. The van der Waals surface area contributed by atoms with Crippen molar-refractivity contribution in [2.24, 2.45) is 7.05 Å². The quantitative estimate of drug-likeness (QED) is 0.722. The smallest absolute Gasteiger partial charge is 0.274 e. The number of fused-ring (bicyclic) bond motifs is 1. The number of aryl methyl sites for hydroxylation is 1. The Hall–Kier alpha value is -2.73. The van der Waals surface area contributed by atoms with Crippen molar-refractivity contribution in [2.75, 3.05) is 20.0 Å². The van der Waals surface area contributed by atoms with E-state index < -0.39 is 0 Å². The molecule has 0 unspecified atom stereocenters. The van der Waals surface area contributed by atoms with E-state index in [0.717, 1.165) is 16.6 Å². The number of rotatable bonds is 4. The Kier molecular flexibility index (Phi) is 5.54. The van der Waals surface area contributed by atoms with Crippen LogP contribution in [0.4, 0.5) is 5.69 Å². The average Bonchev–Trinajstić information content (AvgIpc) is 2.60. The van der Waals surface area contributed by atoms with Crippen molar-refractivity contribution in [3.05, 3.63) is 58.0 Å². The number of anilines is 1. The maximum Gasteiger partial charge on any atom is 0.274 e. The van der Waals surface area contributed by atoms with Crippen LogP contribution >= 0.6 is 12.4 Å². The van der Waals surface area contributed by atoms with Crippen LogP contribution < -0.4 is 20.8 Å². The summed E-state index contributed by atoms with van der Waals surface area (Å²) in [7, 11) is 4.76. The first-order valence-corrected chi connectivity index (χ1v) is 7.50. The Morgan fingerprint density at radius 2 is 1.60 bits per heavy atom. The Balaban J connectivity index is 0.00000225. The molecular formula is C18H20ClN3O3. The molecule has 0 fully saturated rings. The molecule has 0 saturated heterocycles. The highest BCUT2D eigenvalue weighted by Crippen LogP contribution is 2.32. The standard InChI is InChI=1S/C18H19N3O3.ClH/c1-21-18(22)14-10-17(24-3)16(23-2)9-13(14)15(20-21)8-11-4-6-12(19)7-5-11;/h4-7,9-10H,8,19H2,1-3H3;1H. The fourth-order valence-corrected chi connectivity index (χ4v) is 2.71. The van der Waals surface area contributed by atoms with Gasteiger partial charge in [-0.1, -0.05) is 12.1 Å². The number of hydrogen-bond donors (Lipinski definition) is 1. The Morgan fingerprint density at radius 3 is 2.16 bits per heavy atom. The van der Waals surface area contributed by atoms with E-state index in [9.17, 15) is 4.79 Å². The van der Waals surface area contributed by atoms with E-state index in [1.807, 2.05) is 24.3 Å². The van der Waals surface area contributed by atoms with Gasteiger partial charge in [0.2, 0.25) is 0 Å². The van der Waals surface area contributed by atoms with Crippen molar-refractivity contribution >= 4 is 28.9 Å². The highest BCUT2D eigenvalue weighted by Gasteiger charge is 2.14. The topological polar surface area (TPSA) is 79.4 Å². The van der Waals surface area contributed by atoms with Crippen LogP contribution in [0.2, 0.25) is 0 Å². The number of aromatic nitrogens is 2. The molecule has 0 atom stereocenters. The lowest BCUT2D eigenvalue weighted by Crippen LogP contribution is -2.21. The predicted molar refractivity (Wildman–Crippen MR) is 101 cm³/mol. The molecule has 7 heteroatoms. The zero-order valence-electron chi connectivity index (χ0n) is 14.3. The third-order valence-electron chi connectivity index (χ3n) is 3.98. The minimum Gasteiger partial charge on any atom is -0.493 e. The number of hydrogen-bond acceptors (Lipinski definition) is 5. The summed E-state index contributed by atoms with van der Waals surface area (Å²) in [6.45, 7) is 0. The van der Waals surface area contributed by atoms with Crippen LogP contribution in [0.1, 0.15) is 11.3 Å². The highest BCUT2D eigenvalue weighted by molar-refractivity contribution is 5.87. The van der Waals surface area contributed by atoms with Gasteiger partial charge in [-0.25, -0.2) is 4.68 Å². The van der Waals surface area contributed by atoms with Crippen LogP contribution in [-0.2, 0) is 13.5 Å². The van der Waals surface area contributed by atoms with E-state index in [-0.39, 0.29) is 18.0 Å². The van der Waals surface area contributed by atoms with E-state index in [1.54, 1.807) is 33.4 Å². The molecule has 0 spiro atoms. The Bertz CT molecular complexity index is 952. The van der Waals surface area contributed by atoms with Gasteiger partial charge in [0.25, 0.3) is 5.56 Å². The maximum absolute atomic E-state index is 12.4. The lowest BCUT2D eigenvalue weighted by molar-refractivity contribution is 0.355. The minimum atomic E-state index is -0.174. The van der Waals surface area contributed by atoms with Crippen molar-refractivity contribution in [3.8, 4) is 11.5 Å². The third-order valence-corrected chi connectivity index (χ3v) is 3.98. The van der Waals surface area contributed by atoms with E-state index in [0.29, 0.717) is 29.0 Å². The second-order valence-electron chi connectivity index (χ2n) is 5.55. The SMILES string of the molecule is COc1cc2c(Cc3ccc(N)cc3)nn(C)c(=O)c2cc1OC.Cl. The summed E-state index contributed by atoms with van der Waals surface area (Å²) in [5.41, 5.74) is 8.12. The van der Waals surface area contributed by atoms with Gasteiger partial charge in [-0.2, -0.15) is 5.10 Å². The summed E-state index contributed by atoms with van der Waals surface area (Å²) in [5.74, 6) is 1.09. The normalized spacial score (nSPS) is 10.4. The third kappa shape index (κ3) is 3.53. The minimum absolute atomic E-state index is 0. The second-order valence-corrected chi connectivity index (χ2v) is 5.55. The molecule has 0 aliphatic rings. The number of nitrogens with zero attached hydrogens (tertiary/aromatic N) is 2. The summed E-state index contributed by atoms with van der Waals surface area (Å²) in [4.78, 5) is 12.4. The van der Waals surface area contributed by atoms with Gasteiger partial charge in [-0.15, -0.1) is 12.4 Å². The maximum atomic E-state index is 12.4. The van der Waals surface area contributed by atoms with Crippen molar-refractivity contribution in [1.82, 2.24) is 9.78 Å². The molecule has 2 aromatic carbocycles. The summed E-state index contributed by atoms with van der Waals surface area (Å²) < 4.78 is 12.0.